The molecular weight excluding hydrogens is 370 g/mol. The van der Waals surface area contributed by atoms with Crippen LogP contribution in [-0.4, -0.2) is 39.4 Å². The first-order chi connectivity index (χ1) is 11.7. The Morgan fingerprint density at radius 2 is 2.21 bits per heavy atom. The summed E-state index contributed by atoms with van der Waals surface area (Å²) in [4.78, 5) is 18.8. The second-order valence-corrected chi connectivity index (χ2v) is 6.77. The summed E-state index contributed by atoms with van der Waals surface area (Å²) < 4.78 is 8.75. The number of ether oxygens (including phenoxy) is 1. The topological polar surface area (TPSA) is 46.8 Å². The highest BCUT2D eigenvalue weighted by Crippen LogP contribution is 2.20. The lowest BCUT2D eigenvalue weighted by Crippen LogP contribution is -2.30. The third kappa shape index (κ3) is 3.01. The molecule has 0 spiro atoms. The van der Waals surface area contributed by atoms with Crippen molar-refractivity contribution in [3.8, 4) is 5.88 Å². The smallest absolute Gasteiger partial charge is 0.255 e. The maximum absolute atomic E-state index is 12.7. The molecule has 3 aromatic heterocycles. The summed E-state index contributed by atoms with van der Waals surface area (Å²) in [6.07, 6.45) is 6.33. The van der Waals surface area contributed by atoms with Gasteiger partial charge in [-0.05, 0) is 40.2 Å². The number of likely N-dealkylation sites (tertiary alicyclic amines) is 1. The van der Waals surface area contributed by atoms with Crippen LogP contribution >= 0.6 is 15.9 Å². The lowest BCUT2D eigenvalue weighted by molar-refractivity contribution is 0.0771. The number of hydrogen-bond donors (Lipinski definition) is 0. The minimum Gasteiger partial charge on any atom is -0.472 e. The number of carbonyl (C=O) groups excluding carboxylic acids is 1. The van der Waals surface area contributed by atoms with Crippen LogP contribution in [0, 0.1) is 0 Å². The van der Waals surface area contributed by atoms with Gasteiger partial charge >= 0.3 is 0 Å². The Morgan fingerprint density at radius 1 is 1.29 bits per heavy atom. The minimum atomic E-state index is -0.0142. The van der Waals surface area contributed by atoms with E-state index >= 15 is 0 Å². The molecule has 1 fully saturated rings. The van der Waals surface area contributed by atoms with Crippen LogP contribution in [0.3, 0.4) is 0 Å². The molecule has 6 heteroatoms. The van der Waals surface area contributed by atoms with Crippen LogP contribution in [0.2, 0.25) is 0 Å². The molecule has 0 N–H and O–H groups in total. The zero-order chi connectivity index (χ0) is 16.5. The Bertz CT molecular complexity index is 842. The number of halogens is 1. The number of carbonyl (C=O) groups is 1. The first-order valence-electron chi connectivity index (χ1n) is 7.83. The normalized spacial score (nSPS) is 17.4. The van der Waals surface area contributed by atoms with Crippen molar-refractivity contribution in [3.63, 3.8) is 0 Å². The predicted octanol–water partition coefficient (Wildman–Crippen LogP) is 3.39. The summed E-state index contributed by atoms with van der Waals surface area (Å²) in [5.74, 6) is 0.640. The molecule has 0 aliphatic carbocycles. The van der Waals surface area contributed by atoms with E-state index in [4.69, 9.17) is 4.74 Å². The second-order valence-electron chi connectivity index (χ2n) is 5.86. The fourth-order valence-electron chi connectivity index (χ4n) is 2.97. The van der Waals surface area contributed by atoms with Gasteiger partial charge in [-0.15, -0.1) is 0 Å². The third-order valence-electron chi connectivity index (χ3n) is 4.17. The molecule has 0 radical (unpaired) electrons. The van der Waals surface area contributed by atoms with Gasteiger partial charge in [0.05, 0.1) is 12.1 Å². The molecule has 4 heterocycles. The number of amides is 1. The van der Waals surface area contributed by atoms with E-state index in [-0.39, 0.29) is 12.0 Å². The van der Waals surface area contributed by atoms with E-state index in [9.17, 15) is 4.79 Å². The largest absolute Gasteiger partial charge is 0.472 e. The Kier molecular flexibility index (Phi) is 3.98. The molecule has 122 valence electrons. The third-order valence-corrected chi connectivity index (χ3v) is 4.64. The van der Waals surface area contributed by atoms with Crippen molar-refractivity contribution in [1.82, 2.24) is 14.3 Å². The maximum atomic E-state index is 12.7. The zero-order valence-electron chi connectivity index (χ0n) is 12.9. The molecule has 1 aliphatic rings. The number of fused-ring (bicyclic) bond motifs is 1. The van der Waals surface area contributed by atoms with Crippen LogP contribution in [0.25, 0.3) is 5.52 Å². The summed E-state index contributed by atoms with van der Waals surface area (Å²) in [7, 11) is 0. The van der Waals surface area contributed by atoms with Gasteiger partial charge < -0.3 is 14.0 Å². The highest BCUT2D eigenvalue weighted by atomic mass is 79.9. The van der Waals surface area contributed by atoms with Crippen LogP contribution in [0.15, 0.2) is 59.5 Å². The second kappa shape index (κ2) is 6.28. The van der Waals surface area contributed by atoms with Crippen LogP contribution in [0.1, 0.15) is 16.8 Å². The molecule has 1 atom stereocenters. The van der Waals surface area contributed by atoms with Crippen LogP contribution in [0.4, 0.5) is 0 Å². The van der Waals surface area contributed by atoms with Gasteiger partial charge in [-0.2, -0.15) is 0 Å². The fourth-order valence-corrected chi connectivity index (χ4v) is 3.20. The maximum Gasteiger partial charge on any atom is 0.255 e. The lowest BCUT2D eigenvalue weighted by atomic mass is 10.3. The molecule has 1 aliphatic heterocycles. The molecule has 3 aromatic rings. The quantitative estimate of drug-likeness (QED) is 0.693. The Hall–Kier alpha value is -2.34. The van der Waals surface area contributed by atoms with Gasteiger partial charge in [0.25, 0.3) is 5.91 Å². The van der Waals surface area contributed by atoms with E-state index in [0.717, 1.165) is 16.4 Å². The van der Waals surface area contributed by atoms with Gasteiger partial charge in [-0.1, -0.05) is 6.07 Å². The van der Waals surface area contributed by atoms with Gasteiger partial charge in [-0.3, -0.25) is 4.79 Å². The average molecular weight is 386 g/mol. The van der Waals surface area contributed by atoms with Crippen molar-refractivity contribution < 1.29 is 9.53 Å². The van der Waals surface area contributed by atoms with Crippen molar-refractivity contribution in [1.29, 1.82) is 0 Å². The predicted molar refractivity (Wildman–Crippen MR) is 94.3 cm³/mol. The summed E-state index contributed by atoms with van der Waals surface area (Å²) in [6.45, 7) is 1.29. The summed E-state index contributed by atoms with van der Waals surface area (Å²) in [5.41, 5.74) is 1.73. The van der Waals surface area contributed by atoms with Gasteiger partial charge in [0.1, 0.15) is 6.10 Å². The number of rotatable bonds is 3. The molecule has 24 heavy (non-hydrogen) atoms. The minimum absolute atomic E-state index is 0.0142. The van der Waals surface area contributed by atoms with Crippen LogP contribution in [0.5, 0.6) is 5.88 Å². The summed E-state index contributed by atoms with van der Waals surface area (Å²) >= 11 is 3.35. The molecule has 5 nitrogen and oxygen atoms in total. The Balaban J connectivity index is 1.44. The number of nitrogens with zero attached hydrogens (tertiary/aromatic N) is 3. The molecular formula is C18H16BrN3O2. The molecule has 1 saturated heterocycles. The van der Waals surface area contributed by atoms with Crippen LogP contribution in [-0.2, 0) is 0 Å². The van der Waals surface area contributed by atoms with Crippen molar-refractivity contribution in [2.75, 3.05) is 13.1 Å². The van der Waals surface area contributed by atoms with Crippen molar-refractivity contribution in [2.24, 2.45) is 0 Å². The number of hydrogen-bond acceptors (Lipinski definition) is 3. The van der Waals surface area contributed by atoms with Crippen molar-refractivity contribution >= 4 is 27.4 Å². The van der Waals surface area contributed by atoms with E-state index in [0.29, 0.717) is 24.5 Å². The lowest BCUT2D eigenvalue weighted by Gasteiger charge is -2.16. The molecule has 1 unspecified atom stereocenters. The molecule has 4 rings (SSSR count). The Labute approximate surface area is 148 Å². The van der Waals surface area contributed by atoms with E-state index in [1.54, 1.807) is 6.20 Å². The first kappa shape index (κ1) is 15.2. The highest BCUT2D eigenvalue weighted by molar-refractivity contribution is 9.10. The van der Waals surface area contributed by atoms with Gasteiger partial charge in [0.2, 0.25) is 5.88 Å². The monoisotopic (exact) mass is 385 g/mol. The van der Waals surface area contributed by atoms with E-state index in [1.807, 2.05) is 58.1 Å². The average Bonchev–Trinajstić information content (AvgIpc) is 3.23. The van der Waals surface area contributed by atoms with Gasteiger partial charge in [0.15, 0.2) is 0 Å². The van der Waals surface area contributed by atoms with E-state index in [2.05, 4.69) is 20.9 Å². The summed E-state index contributed by atoms with van der Waals surface area (Å²) in [5, 5.41) is 0. The number of aromatic nitrogens is 2. The standard InChI is InChI=1S/C18H16BrN3O2/c19-14-4-5-17(20-10-14)24-16-6-8-22(12-16)18(23)13-9-15-3-1-2-7-21(15)11-13/h1-5,7,9-11,16H,6,8,12H2. The molecule has 0 saturated carbocycles. The molecule has 0 bridgehead atoms. The van der Waals surface area contributed by atoms with Crippen molar-refractivity contribution in [3.05, 3.63) is 65.0 Å². The van der Waals surface area contributed by atoms with Crippen molar-refractivity contribution in [2.45, 2.75) is 12.5 Å². The SMILES string of the molecule is O=C(c1cc2ccccn2c1)N1CCC(Oc2ccc(Br)cn2)C1. The highest BCUT2D eigenvalue weighted by Gasteiger charge is 2.29. The molecule has 0 aromatic carbocycles. The molecule has 1 amide bonds. The van der Waals surface area contributed by atoms with Gasteiger partial charge in [-0.25, -0.2) is 4.98 Å². The van der Waals surface area contributed by atoms with E-state index in [1.165, 1.54) is 0 Å². The van der Waals surface area contributed by atoms with E-state index < -0.39 is 0 Å². The van der Waals surface area contributed by atoms with Crippen LogP contribution < -0.4 is 4.74 Å². The van der Waals surface area contributed by atoms with Gasteiger partial charge in [0, 0.05) is 47.6 Å². The Morgan fingerprint density at radius 3 is 3.00 bits per heavy atom. The number of pyridine rings is 2. The first-order valence-corrected chi connectivity index (χ1v) is 8.62. The zero-order valence-corrected chi connectivity index (χ0v) is 14.5. The summed E-state index contributed by atoms with van der Waals surface area (Å²) in [6, 6.07) is 11.6. The fraction of sp³-hybridized carbons (Fsp3) is 0.222.